The fourth-order valence-electron chi connectivity index (χ4n) is 4.29. The summed E-state index contributed by atoms with van der Waals surface area (Å²) in [6, 6.07) is 23.2. The maximum absolute atomic E-state index is 13.1. The highest BCUT2D eigenvalue weighted by Gasteiger charge is 2.17. The quantitative estimate of drug-likeness (QED) is 0.128. The fraction of sp³-hybridized carbons (Fsp3) is 0.200. The second-order valence-corrected chi connectivity index (χ2v) is 10.8. The SMILES string of the molecule is CCOc1cc(NC(=O)c2ccccc2)c(OCC)cc1NC(=O)/C=C/c1cc(Br)c(OCc2ccccc2Cl)c(OCC)c1. The van der Waals surface area contributed by atoms with E-state index in [9.17, 15) is 9.59 Å². The van der Waals surface area contributed by atoms with Crippen molar-refractivity contribution in [1.29, 1.82) is 0 Å². The fourth-order valence-corrected chi connectivity index (χ4v) is 5.05. The van der Waals surface area contributed by atoms with E-state index in [4.69, 9.17) is 30.5 Å². The van der Waals surface area contributed by atoms with E-state index in [1.807, 2.05) is 57.2 Å². The summed E-state index contributed by atoms with van der Waals surface area (Å²) in [7, 11) is 0. The normalized spacial score (nSPS) is 10.8. The topological polar surface area (TPSA) is 95.1 Å². The lowest BCUT2D eigenvalue weighted by atomic mass is 10.1. The Morgan fingerprint density at radius 2 is 1.36 bits per heavy atom. The molecule has 234 valence electrons. The van der Waals surface area contributed by atoms with E-state index in [0.717, 1.165) is 5.56 Å². The van der Waals surface area contributed by atoms with Crippen molar-refractivity contribution >= 4 is 56.8 Å². The van der Waals surface area contributed by atoms with E-state index in [0.29, 0.717) is 74.8 Å². The molecule has 2 amide bonds. The minimum atomic E-state index is -0.396. The third kappa shape index (κ3) is 9.26. The average Bonchev–Trinajstić information content (AvgIpc) is 3.03. The molecule has 0 atom stereocenters. The van der Waals surface area contributed by atoms with Crippen molar-refractivity contribution in [2.45, 2.75) is 27.4 Å². The Kier molecular flexibility index (Phi) is 12.3. The molecule has 0 aliphatic rings. The lowest BCUT2D eigenvalue weighted by molar-refractivity contribution is -0.111. The van der Waals surface area contributed by atoms with Crippen LogP contribution in [0.1, 0.15) is 42.3 Å². The van der Waals surface area contributed by atoms with Gasteiger partial charge in [0.25, 0.3) is 5.91 Å². The first-order chi connectivity index (χ1) is 21.8. The summed E-state index contributed by atoms with van der Waals surface area (Å²) in [6.45, 7) is 6.93. The summed E-state index contributed by atoms with van der Waals surface area (Å²) in [4.78, 5) is 25.9. The van der Waals surface area contributed by atoms with E-state index in [1.54, 1.807) is 48.5 Å². The van der Waals surface area contributed by atoms with Gasteiger partial charge in [0.05, 0.1) is 35.7 Å². The van der Waals surface area contributed by atoms with Crippen LogP contribution in [0.3, 0.4) is 0 Å². The number of rotatable bonds is 14. The number of halogens is 2. The largest absolute Gasteiger partial charge is 0.492 e. The Morgan fingerprint density at radius 3 is 2.00 bits per heavy atom. The predicted molar refractivity (Wildman–Crippen MR) is 182 cm³/mol. The first kappa shape index (κ1) is 33.4. The van der Waals surface area contributed by atoms with Gasteiger partial charge in [0.1, 0.15) is 18.1 Å². The lowest BCUT2D eigenvalue weighted by Crippen LogP contribution is -2.14. The van der Waals surface area contributed by atoms with Crippen molar-refractivity contribution in [3.05, 3.63) is 111 Å². The summed E-state index contributed by atoms with van der Waals surface area (Å²) in [5, 5.41) is 6.36. The van der Waals surface area contributed by atoms with Gasteiger partial charge in [-0.05, 0) is 78.7 Å². The molecular formula is C35H34BrClN2O6. The van der Waals surface area contributed by atoms with Crippen LogP contribution in [-0.4, -0.2) is 31.6 Å². The zero-order valence-corrected chi connectivity index (χ0v) is 27.5. The second kappa shape index (κ2) is 16.6. The third-order valence-corrected chi connectivity index (χ3v) is 7.27. The molecule has 45 heavy (non-hydrogen) atoms. The monoisotopic (exact) mass is 692 g/mol. The van der Waals surface area contributed by atoms with Crippen molar-refractivity contribution in [3.63, 3.8) is 0 Å². The molecule has 0 fully saturated rings. The van der Waals surface area contributed by atoms with Gasteiger partial charge in [-0.3, -0.25) is 9.59 Å². The van der Waals surface area contributed by atoms with Crippen LogP contribution in [0.4, 0.5) is 11.4 Å². The van der Waals surface area contributed by atoms with Crippen LogP contribution in [-0.2, 0) is 11.4 Å². The number of carbonyl (C=O) groups excluding carboxylic acids is 2. The number of ether oxygens (including phenoxy) is 4. The molecule has 0 aliphatic heterocycles. The second-order valence-electron chi connectivity index (χ2n) is 9.50. The molecular weight excluding hydrogens is 660 g/mol. The van der Waals surface area contributed by atoms with Crippen LogP contribution in [0.15, 0.2) is 89.4 Å². The third-order valence-electron chi connectivity index (χ3n) is 6.31. The molecule has 8 nitrogen and oxygen atoms in total. The molecule has 0 radical (unpaired) electrons. The van der Waals surface area contributed by atoms with Gasteiger partial charge >= 0.3 is 0 Å². The van der Waals surface area contributed by atoms with Gasteiger partial charge in [-0.25, -0.2) is 0 Å². The first-order valence-electron chi connectivity index (χ1n) is 14.4. The first-order valence-corrected chi connectivity index (χ1v) is 15.6. The maximum atomic E-state index is 13.1. The molecule has 0 spiro atoms. The van der Waals surface area contributed by atoms with Gasteiger partial charge in [-0.2, -0.15) is 0 Å². The molecule has 0 aliphatic carbocycles. The zero-order valence-electron chi connectivity index (χ0n) is 25.2. The van der Waals surface area contributed by atoms with Crippen molar-refractivity contribution < 1.29 is 28.5 Å². The van der Waals surface area contributed by atoms with Crippen LogP contribution >= 0.6 is 27.5 Å². The van der Waals surface area contributed by atoms with Crippen LogP contribution in [0.25, 0.3) is 6.08 Å². The Bertz CT molecular complexity index is 1660. The van der Waals surface area contributed by atoms with Gasteiger partial charge < -0.3 is 29.6 Å². The number of benzene rings is 4. The van der Waals surface area contributed by atoms with Crippen molar-refractivity contribution in [1.82, 2.24) is 0 Å². The molecule has 0 saturated carbocycles. The minimum Gasteiger partial charge on any atom is -0.492 e. The molecule has 0 bridgehead atoms. The molecule has 0 saturated heterocycles. The predicted octanol–water partition coefficient (Wildman–Crippen LogP) is 8.78. The summed E-state index contributed by atoms with van der Waals surface area (Å²) in [6.07, 6.45) is 3.07. The number of anilines is 2. The number of carbonyl (C=O) groups is 2. The summed E-state index contributed by atoms with van der Waals surface area (Å²) >= 11 is 9.86. The average molecular weight is 694 g/mol. The molecule has 2 N–H and O–H groups in total. The summed E-state index contributed by atoms with van der Waals surface area (Å²) < 4.78 is 24.2. The van der Waals surface area contributed by atoms with Crippen LogP contribution < -0.4 is 29.6 Å². The van der Waals surface area contributed by atoms with Gasteiger partial charge in [0.15, 0.2) is 11.5 Å². The van der Waals surface area contributed by atoms with E-state index in [-0.39, 0.29) is 12.5 Å². The van der Waals surface area contributed by atoms with Crippen molar-refractivity contribution in [2.24, 2.45) is 0 Å². The van der Waals surface area contributed by atoms with E-state index >= 15 is 0 Å². The van der Waals surface area contributed by atoms with E-state index in [1.165, 1.54) is 6.08 Å². The van der Waals surface area contributed by atoms with E-state index < -0.39 is 5.91 Å². The highest BCUT2D eigenvalue weighted by Crippen LogP contribution is 2.39. The zero-order chi connectivity index (χ0) is 32.2. The Hall–Kier alpha value is -4.47. The summed E-state index contributed by atoms with van der Waals surface area (Å²) in [5.74, 6) is 1.13. The van der Waals surface area contributed by atoms with Crippen LogP contribution in [0.5, 0.6) is 23.0 Å². The molecule has 0 heterocycles. The standard InChI is InChI=1S/C35H34BrClN2O6/c1-4-42-30-21-29(39-35(41)24-12-8-7-9-13-24)31(43-5-2)20-28(30)38-33(40)17-16-23-18-26(36)34(32(19-23)44-6-3)45-22-25-14-10-11-15-27(25)37/h7-21H,4-6,22H2,1-3H3,(H,38,40)(H,39,41)/b17-16+. The molecule has 4 aromatic rings. The van der Waals surface area contributed by atoms with Gasteiger partial charge in [-0.15, -0.1) is 0 Å². The Morgan fingerprint density at radius 1 is 0.756 bits per heavy atom. The van der Waals surface area contributed by atoms with E-state index in [2.05, 4.69) is 26.6 Å². The molecule has 10 heteroatoms. The molecule has 4 rings (SSSR count). The molecule has 4 aromatic carbocycles. The van der Waals surface area contributed by atoms with Gasteiger partial charge in [0.2, 0.25) is 5.91 Å². The van der Waals surface area contributed by atoms with Gasteiger partial charge in [0, 0.05) is 34.4 Å². The maximum Gasteiger partial charge on any atom is 0.255 e. The number of hydrogen-bond donors (Lipinski definition) is 2. The van der Waals surface area contributed by atoms with Crippen molar-refractivity contribution in [2.75, 3.05) is 30.5 Å². The number of hydrogen-bond acceptors (Lipinski definition) is 6. The number of nitrogens with one attached hydrogen (secondary N) is 2. The lowest BCUT2D eigenvalue weighted by Gasteiger charge is -2.17. The Labute approximate surface area is 276 Å². The highest BCUT2D eigenvalue weighted by atomic mass is 79.9. The summed E-state index contributed by atoms with van der Waals surface area (Å²) in [5.41, 5.74) is 2.88. The van der Waals surface area contributed by atoms with Crippen LogP contribution in [0, 0.1) is 0 Å². The minimum absolute atomic E-state index is 0.260. The van der Waals surface area contributed by atoms with Crippen molar-refractivity contribution in [3.8, 4) is 23.0 Å². The van der Waals surface area contributed by atoms with Crippen LogP contribution in [0.2, 0.25) is 5.02 Å². The Balaban J connectivity index is 1.53. The highest BCUT2D eigenvalue weighted by molar-refractivity contribution is 9.10. The number of amides is 2. The molecule has 0 unspecified atom stereocenters. The molecule has 0 aromatic heterocycles. The smallest absolute Gasteiger partial charge is 0.255 e. The van der Waals surface area contributed by atoms with Gasteiger partial charge in [-0.1, -0.05) is 48.0 Å².